The van der Waals surface area contributed by atoms with Crippen molar-refractivity contribution in [2.75, 3.05) is 7.11 Å². The van der Waals surface area contributed by atoms with Gasteiger partial charge in [0.05, 0.1) is 18.3 Å². The van der Waals surface area contributed by atoms with Crippen LogP contribution < -0.4 is 16.0 Å². The van der Waals surface area contributed by atoms with Gasteiger partial charge in [-0.05, 0) is 23.6 Å². The van der Waals surface area contributed by atoms with E-state index in [0.717, 1.165) is 0 Å². The van der Waals surface area contributed by atoms with Crippen molar-refractivity contribution < 1.29 is 4.74 Å². The second-order valence-electron chi connectivity index (χ2n) is 4.05. The Morgan fingerprint density at radius 3 is 2.85 bits per heavy atom. The second-order valence-corrected chi connectivity index (χ2v) is 5.40. The topological polar surface area (TPSA) is 64.1 Å². The number of nitrogens with one attached hydrogen (secondary N) is 1. The third-order valence-corrected chi connectivity index (χ3v) is 4.04. The lowest BCUT2D eigenvalue weighted by Gasteiger charge is -2.11. The Labute approximate surface area is 122 Å². The van der Waals surface area contributed by atoms with Gasteiger partial charge in [-0.15, -0.1) is 11.3 Å². The van der Waals surface area contributed by atoms with Crippen LogP contribution in [0.25, 0.3) is 15.9 Å². The summed E-state index contributed by atoms with van der Waals surface area (Å²) in [5.74, 6) is 0.458. The first-order valence-electron chi connectivity index (χ1n) is 5.68. The average molecular weight is 309 g/mol. The van der Waals surface area contributed by atoms with E-state index < -0.39 is 5.69 Å². The van der Waals surface area contributed by atoms with Gasteiger partial charge in [0.1, 0.15) is 10.4 Å². The Bertz CT molecular complexity index is 910. The van der Waals surface area contributed by atoms with E-state index in [9.17, 15) is 9.59 Å². The summed E-state index contributed by atoms with van der Waals surface area (Å²) in [6.45, 7) is 0. The van der Waals surface area contributed by atoms with Gasteiger partial charge >= 0.3 is 5.69 Å². The van der Waals surface area contributed by atoms with Crippen LogP contribution in [0.2, 0.25) is 5.02 Å². The standard InChI is InChI=1S/C13H9ClN2O3S/c1-19-10-6-7(14)2-3-8(10)16-9-4-5-20-11(9)12(17)15-13(16)18/h2-6H,1H3,(H,15,17,18). The van der Waals surface area contributed by atoms with Gasteiger partial charge in [0, 0.05) is 11.1 Å². The average Bonchev–Trinajstić information content (AvgIpc) is 2.89. The lowest BCUT2D eigenvalue weighted by molar-refractivity contribution is 0.413. The molecule has 0 aliphatic heterocycles. The van der Waals surface area contributed by atoms with Crippen LogP contribution in [-0.4, -0.2) is 16.7 Å². The number of rotatable bonds is 2. The van der Waals surface area contributed by atoms with Gasteiger partial charge in [-0.3, -0.25) is 14.3 Å². The zero-order valence-electron chi connectivity index (χ0n) is 10.3. The molecule has 5 nitrogen and oxygen atoms in total. The van der Waals surface area contributed by atoms with Gasteiger partial charge in [0.2, 0.25) is 0 Å². The van der Waals surface area contributed by atoms with Crippen LogP contribution in [-0.2, 0) is 0 Å². The summed E-state index contributed by atoms with van der Waals surface area (Å²) < 4.78 is 7.15. The van der Waals surface area contributed by atoms with Crippen LogP contribution in [0.3, 0.4) is 0 Å². The smallest absolute Gasteiger partial charge is 0.333 e. The number of nitrogens with zero attached hydrogens (tertiary/aromatic N) is 1. The fourth-order valence-electron chi connectivity index (χ4n) is 2.04. The first kappa shape index (κ1) is 13.0. The third kappa shape index (κ3) is 1.93. The van der Waals surface area contributed by atoms with Gasteiger partial charge in [-0.25, -0.2) is 4.79 Å². The summed E-state index contributed by atoms with van der Waals surface area (Å²) in [5, 5.41) is 2.27. The minimum absolute atomic E-state index is 0.385. The number of fused-ring (bicyclic) bond motifs is 1. The molecule has 0 spiro atoms. The Hall–Kier alpha value is -2.05. The maximum atomic E-state index is 12.1. The molecule has 0 saturated heterocycles. The number of thiophene rings is 1. The second kappa shape index (κ2) is 4.81. The summed E-state index contributed by atoms with van der Waals surface area (Å²) in [6, 6.07) is 6.68. The quantitative estimate of drug-likeness (QED) is 0.790. The van der Waals surface area contributed by atoms with Gasteiger partial charge in [0.25, 0.3) is 5.56 Å². The van der Waals surface area contributed by atoms with E-state index in [2.05, 4.69) is 4.98 Å². The first-order valence-corrected chi connectivity index (χ1v) is 6.94. The third-order valence-electron chi connectivity index (χ3n) is 2.90. The SMILES string of the molecule is COc1cc(Cl)ccc1-n1c(=O)[nH]c(=O)c2sccc21. The fraction of sp³-hybridized carbons (Fsp3) is 0.0769. The van der Waals surface area contributed by atoms with E-state index in [4.69, 9.17) is 16.3 Å². The highest BCUT2D eigenvalue weighted by atomic mass is 35.5. The van der Waals surface area contributed by atoms with Crippen LogP contribution in [0.1, 0.15) is 0 Å². The van der Waals surface area contributed by atoms with Gasteiger partial charge in [-0.1, -0.05) is 11.6 Å². The largest absolute Gasteiger partial charge is 0.495 e. The Morgan fingerprint density at radius 1 is 1.30 bits per heavy atom. The molecular weight excluding hydrogens is 300 g/mol. The molecule has 2 aromatic heterocycles. The minimum atomic E-state index is -0.512. The van der Waals surface area contributed by atoms with Gasteiger partial charge < -0.3 is 4.74 Å². The molecule has 1 N–H and O–H groups in total. The van der Waals surface area contributed by atoms with Gasteiger partial charge in [0.15, 0.2) is 0 Å². The van der Waals surface area contributed by atoms with E-state index >= 15 is 0 Å². The number of H-pyrrole nitrogens is 1. The van der Waals surface area contributed by atoms with Crippen molar-refractivity contribution in [1.29, 1.82) is 0 Å². The van der Waals surface area contributed by atoms with Crippen molar-refractivity contribution in [2.24, 2.45) is 0 Å². The zero-order valence-corrected chi connectivity index (χ0v) is 11.9. The molecule has 3 aromatic rings. The maximum Gasteiger partial charge on any atom is 0.333 e. The number of aromatic nitrogens is 2. The molecule has 0 unspecified atom stereocenters. The van der Waals surface area contributed by atoms with Crippen LogP contribution >= 0.6 is 22.9 Å². The molecule has 1 aromatic carbocycles. The molecule has 7 heteroatoms. The van der Waals surface area contributed by atoms with Crippen LogP contribution in [0.4, 0.5) is 0 Å². The van der Waals surface area contributed by atoms with Crippen molar-refractivity contribution in [3.05, 3.63) is 55.5 Å². The Morgan fingerprint density at radius 2 is 2.10 bits per heavy atom. The molecule has 20 heavy (non-hydrogen) atoms. The molecule has 2 heterocycles. The number of aromatic amines is 1. The van der Waals surface area contributed by atoms with E-state index in [1.807, 2.05) is 0 Å². The zero-order chi connectivity index (χ0) is 14.3. The van der Waals surface area contributed by atoms with Gasteiger partial charge in [-0.2, -0.15) is 0 Å². The van der Waals surface area contributed by atoms with E-state index in [1.54, 1.807) is 29.6 Å². The Kier molecular flexibility index (Phi) is 3.11. The predicted molar refractivity (Wildman–Crippen MR) is 79.6 cm³/mol. The molecule has 0 bridgehead atoms. The monoisotopic (exact) mass is 308 g/mol. The fourth-order valence-corrected chi connectivity index (χ4v) is 2.98. The molecule has 0 saturated carbocycles. The molecular formula is C13H9ClN2O3S. The highest BCUT2D eigenvalue weighted by Crippen LogP contribution is 2.28. The van der Waals surface area contributed by atoms with E-state index in [1.165, 1.54) is 23.0 Å². The lowest BCUT2D eigenvalue weighted by Crippen LogP contribution is -2.28. The number of hydrogen-bond acceptors (Lipinski definition) is 4. The number of benzene rings is 1. The minimum Gasteiger partial charge on any atom is -0.495 e. The van der Waals surface area contributed by atoms with Crippen molar-refractivity contribution in [3.8, 4) is 11.4 Å². The molecule has 0 atom stereocenters. The van der Waals surface area contributed by atoms with Crippen LogP contribution in [0, 0.1) is 0 Å². The lowest BCUT2D eigenvalue weighted by atomic mass is 10.2. The maximum absolute atomic E-state index is 12.1. The summed E-state index contributed by atoms with van der Waals surface area (Å²) in [4.78, 5) is 26.2. The van der Waals surface area contributed by atoms with Crippen molar-refractivity contribution in [2.45, 2.75) is 0 Å². The van der Waals surface area contributed by atoms with E-state index in [0.29, 0.717) is 26.7 Å². The number of halogens is 1. The van der Waals surface area contributed by atoms with E-state index in [-0.39, 0.29) is 5.56 Å². The summed E-state index contributed by atoms with van der Waals surface area (Å²) in [6.07, 6.45) is 0. The van der Waals surface area contributed by atoms with Crippen molar-refractivity contribution >= 4 is 33.2 Å². The summed E-state index contributed by atoms with van der Waals surface area (Å²) >= 11 is 7.20. The van der Waals surface area contributed by atoms with Crippen LogP contribution in [0.15, 0.2) is 39.2 Å². The highest BCUT2D eigenvalue weighted by molar-refractivity contribution is 7.17. The Balaban J connectivity index is 2.44. The van der Waals surface area contributed by atoms with Crippen molar-refractivity contribution in [1.82, 2.24) is 9.55 Å². The van der Waals surface area contributed by atoms with Crippen molar-refractivity contribution in [3.63, 3.8) is 0 Å². The molecule has 0 radical (unpaired) electrons. The molecule has 0 amide bonds. The normalized spacial score (nSPS) is 10.9. The molecule has 0 fully saturated rings. The summed E-state index contributed by atoms with van der Waals surface area (Å²) in [5.41, 5.74) is 0.177. The van der Waals surface area contributed by atoms with Crippen LogP contribution in [0.5, 0.6) is 5.75 Å². The molecule has 0 aliphatic carbocycles. The highest BCUT2D eigenvalue weighted by Gasteiger charge is 2.14. The molecule has 102 valence electrons. The predicted octanol–water partition coefficient (Wildman–Crippen LogP) is 2.40. The number of ether oxygens (including phenoxy) is 1. The number of methoxy groups -OCH3 is 1. The molecule has 3 rings (SSSR count). The molecule has 0 aliphatic rings. The number of hydrogen-bond donors (Lipinski definition) is 1. The summed E-state index contributed by atoms with van der Waals surface area (Å²) in [7, 11) is 1.50. The first-order chi connectivity index (χ1) is 9.61.